The van der Waals surface area contributed by atoms with Crippen molar-refractivity contribution in [3.05, 3.63) is 35.9 Å². The van der Waals surface area contributed by atoms with E-state index in [1.165, 1.54) is 18.4 Å². The molecule has 1 saturated carbocycles. The molecule has 17 heavy (non-hydrogen) atoms. The molecule has 0 unspecified atom stereocenters. The van der Waals surface area contributed by atoms with E-state index in [0.717, 1.165) is 0 Å². The molecule has 0 saturated heterocycles. The molecule has 1 aromatic carbocycles. The van der Waals surface area contributed by atoms with Gasteiger partial charge in [0.15, 0.2) is 0 Å². The van der Waals surface area contributed by atoms with Crippen molar-refractivity contribution in [2.24, 2.45) is 5.92 Å². The Morgan fingerprint density at radius 1 is 1.24 bits per heavy atom. The summed E-state index contributed by atoms with van der Waals surface area (Å²) in [5, 5.41) is 0. The van der Waals surface area contributed by atoms with Crippen molar-refractivity contribution < 1.29 is 4.21 Å². The van der Waals surface area contributed by atoms with Crippen LogP contribution in [0, 0.1) is 5.92 Å². The molecular weight excluding hydrogens is 230 g/mol. The normalized spacial score (nSPS) is 19.9. The second kappa shape index (κ2) is 4.91. The summed E-state index contributed by atoms with van der Waals surface area (Å²) < 4.78 is 15.3. The fraction of sp³-hybridized carbons (Fsp3) is 0.571. The van der Waals surface area contributed by atoms with Gasteiger partial charge in [-0.15, -0.1) is 0 Å². The SMILES string of the molecule is CC(C)(C)[S@@](=O)N[C@H](c1ccccc1)C1CC1. The quantitative estimate of drug-likeness (QED) is 0.875. The third kappa shape index (κ3) is 3.39. The first-order valence-corrected chi connectivity index (χ1v) is 7.36. The fourth-order valence-corrected chi connectivity index (χ4v) is 2.73. The molecular formula is C14H21NOS. The average molecular weight is 251 g/mol. The van der Waals surface area contributed by atoms with Gasteiger partial charge in [0.25, 0.3) is 0 Å². The van der Waals surface area contributed by atoms with Gasteiger partial charge in [-0.05, 0) is 45.1 Å². The molecule has 1 fully saturated rings. The molecule has 0 aromatic heterocycles. The van der Waals surface area contributed by atoms with Crippen molar-refractivity contribution in [1.82, 2.24) is 4.72 Å². The number of rotatable bonds is 4. The van der Waals surface area contributed by atoms with Crippen LogP contribution >= 0.6 is 0 Å². The molecule has 3 heteroatoms. The van der Waals surface area contributed by atoms with Gasteiger partial charge in [0, 0.05) is 6.04 Å². The molecule has 0 amide bonds. The molecule has 1 aliphatic carbocycles. The molecule has 2 nitrogen and oxygen atoms in total. The molecule has 1 aromatic rings. The highest BCUT2D eigenvalue weighted by Gasteiger charge is 2.35. The third-order valence-corrected chi connectivity index (χ3v) is 4.62. The van der Waals surface area contributed by atoms with Gasteiger partial charge in [-0.25, -0.2) is 8.93 Å². The summed E-state index contributed by atoms with van der Waals surface area (Å²) in [7, 11) is -0.998. The Labute approximate surface area is 106 Å². The first-order chi connectivity index (χ1) is 7.98. The molecule has 2 atom stereocenters. The Morgan fingerprint density at radius 2 is 1.82 bits per heavy atom. The monoisotopic (exact) mass is 251 g/mol. The molecule has 1 N–H and O–H groups in total. The van der Waals surface area contributed by atoms with E-state index in [1.807, 2.05) is 39.0 Å². The van der Waals surface area contributed by atoms with Crippen molar-refractivity contribution in [2.45, 2.75) is 44.4 Å². The van der Waals surface area contributed by atoms with E-state index < -0.39 is 11.0 Å². The molecule has 2 rings (SSSR count). The number of hydrogen-bond acceptors (Lipinski definition) is 1. The average Bonchev–Trinajstić information content (AvgIpc) is 3.09. The maximum absolute atomic E-state index is 12.2. The van der Waals surface area contributed by atoms with Crippen molar-refractivity contribution in [1.29, 1.82) is 0 Å². The molecule has 0 heterocycles. The summed E-state index contributed by atoms with van der Waals surface area (Å²) in [5.41, 5.74) is 1.26. The van der Waals surface area contributed by atoms with Crippen LogP contribution in [0.1, 0.15) is 45.2 Å². The molecule has 0 bridgehead atoms. The topological polar surface area (TPSA) is 29.1 Å². The zero-order chi connectivity index (χ0) is 12.5. The lowest BCUT2D eigenvalue weighted by Gasteiger charge is -2.24. The number of benzene rings is 1. The maximum Gasteiger partial charge on any atom is 0.0976 e. The first-order valence-electron chi connectivity index (χ1n) is 6.21. The zero-order valence-corrected chi connectivity index (χ0v) is 11.6. The molecule has 94 valence electrons. The minimum atomic E-state index is -0.998. The second-order valence-electron chi connectivity index (χ2n) is 5.72. The predicted octanol–water partition coefficient (Wildman–Crippen LogP) is 3.19. The molecule has 0 aliphatic heterocycles. The largest absolute Gasteiger partial charge is 0.242 e. The van der Waals surface area contributed by atoms with Gasteiger partial charge in [0.1, 0.15) is 0 Å². The minimum absolute atomic E-state index is 0.206. The van der Waals surface area contributed by atoms with Crippen LogP contribution in [-0.2, 0) is 11.0 Å². The van der Waals surface area contributed by atoms with Crippen LogP contribution in [0.25, 0.3) is 0 Å². The van der Waals surface area contributed by atoms with Crippen molar-refractivity contribution in [3.63, 3.8) is 0 Å². The van der Waals surface area contributed by atoms with E-state index in [0.29, 0.717) is 5.92 Å². The highest BCUT2D eigenvalue weighted by atomic mass is 32.2. The summed E-state index contributed by atoms with van der Waals surface area (Å²) in [6.07, 6.45) is 2.49. The fourth-order valence-electron chi connectivity index (χ4n) is 1.82. The smallest absolute Gasteiger partial charge is 0.0976 e. The predicted molar refractivity (Wildman–Crippen MR) is 72.9 cm³/mol. The Balaban J connectivity index is 2.12. The van der Waals surface area contributed by atoms with Gasteiger partial charge >= 0.3 is 0 Å². The Bertz CT molecular complexity index is 392. The number of nitrogens with one attached hydrogen (secondary N) is 1. The van der Waals surface area contributed by atoms with Gasteiger partial charge < -0.3 is 0 Å². The first kappa shape index (κ1) is 12.8. The molecule has 0 spiro atoms. The van der Waals surface area contributed by atoms with E-state index in [4.69, 9.17) is 0 Å². The van der Waals surface area contributed by atoms with Crippen LogP contribution < -0.4 is 4.72 Å². The van der Waals surface area contributed by atoms with E-state index >= 15 is 0 Å². The van der Waals surface area contributed by atoms with Crippen molar-refractivity contribution in [3.8, 4) is 0 Å². The van der Waals surface area contributed by atoms with Gasteiger partial charge in [0.2, 0.25) is 0 Å². The summed E-state index contributed by atoms with van der Waals surface area (Å²) in [6, 6.07) is 10.6. The summed E-state index contributed by atoms with van der Waals surface area (Å²) in [4.78, 5) is 0. The van der Waals surface area contributed by atoms with Crippen molar-refractivity contribution >= 4 is 11.0 Å². The summed E-state index contributed by atoms with van der Waals surface area (Å²) in [6.45, 7) is 6.02. The van der Waals surface area contributed by atoms with Gasteiger partial charge in [0.05, 0.1) is 15.7 Å². The van der Waals surface area contributed by atoms with Gasteiger partial charge in [-0.1, -0.05) is 30.3 Å². The minimum Gasteiger partial charge on any atom is -0.242 e. The lowest BCUT2D eigenvalue weighted by Crippen LogP contribution is -2.36. The Hall–Kier alpha value is -0.670. The second-order valence-corrected chi connectivity index (χ2v) is 7.72. The van der Waals surface area contributed by atoms with Crippen LogP contribution in [0.2, 0.25) is 0 Å². The van der Waals surface area contributed by atoms with Crippen LogP contribution in [0.15, 0.2) is 30.3 Å². The Kier molecular flexibility index (Phi) is 3.69. The molecule has 1 aliphatic rings. The van der Waals surface area contributed by atoms with Crippen molar-refractivity contribution in [2.75, 3.05) is 0 Å². The van der Waals surface area contributed by atoms with E-state index in [-0.39, 0.29) is 10.8 Å². The lowest BCUT2D eigenvalue weighted by atomic mass is 10.0. The van der Waals surface area contributed by atoms with Crippen LogP contribution in [0.5, 0.6) is 0 Å². The maximum atomic E-state index is 12.2. The van der Waals surface area contributed by atoms with Crippen LogP contribution in [0.3, 0.4) is 0 Å². The van der Waals surface area contributed by atoms with Gasteiger partial charge in [-0.2, -0.15) is 0 Å². The van der Waals surface area contributed by atoms with E-state index in [1.54, 1.807) is 0 Å². The van der Waals surface area contributed by atoms with Gasteiger partial charge in [-0.3, -0.25) is 0 Å². The van der Waals surface area contributed by atoms with E-state index in [9.17, 15) is 4.21 Å². The Morgan fingerprint density at radius 3 is 2.29 bits per heavy atom. The standard InChI is InChI=1S/C14H21NOS/c1-14(2,3)17(16)15-13(12-9-10-12)11-7-5-4-6-8-11/h4-8,12-13,15H,9-10H2,1-3H3/t13-,17-/m1/s1. The number of hydrogen-bond donors (Lipinski definition) is 1. The summed E-state index contributed by atoms with van der Waals surface area (Å²) in [5.74, 6) is 0.656. The lowest BCUT2D eigenvalue weighted by molar-refractivity contribution is 0.556. The zero-order valence-electron chi connectivity index (χ0n) is 10.8. The van der Waals surface area contributed by atoms with Crippen LogP contribution in [0.4, 0.5) is 0 Å². The third-order valence-electron chi connectivity index (χ3n) is 3.04. The summed E-state index contributed by atoms with van der Waals surface area (Å²) >= 11 is 0. The highest BCUT2D eigenvalue weighted by Crippen LogP contribution is 2.41. The van der Waals surface area contributed by atoms with Crippen LogP contribution in [-0.4, -0.2) is 8.96 Å². The molecule has 0 radical (unpaired) electrons. The highest BCUT2D eigenvalue weighted by molar-refractivity contribution is 7.84. The van der Waals surface area contributed by atoms with E-state index in [2.05, 4.69) is 16.9 Å².